The number of fused-ring (bicyclic) bond motifs is 1. The maximum absolute atomic E-state index is 10.9. The van der Waals surface area contributed by atoms with Crippen molar-refractivity contribution in [2.45, 2.75) is 13.3 Å². The van der Waals surface area contributed by atoms with Gasteiger partial charge in [0.2, 0.25) is 0 Å². The number of hydrogen-bond acceptors (Lipinski definition) is 3. The number of benzene rings is 1. The van der Waals surface area contributed by atoms with E-state index in [1.165, 1.54) is 17.9 Å². The van der Waals surface area contributed by atoms with E-state index < -0.39 is 0 Å². The molecule has 0 aliphatic rings. The first kappa shape index (κ1) is 14.3. The van der Waals surface area contributed by atoms with Gasteiger partial charge in [-0.15, -0.1) is 6.58 Å². The molecule has 0 aliphatic carbocycles. The van der Waals surface area contributed by atoms with Crippen LogP contribution in [0.2, 0.25) is 0 Å². The Labute approximate surface area is 119 Å². The van der Waals surface area contributed by atoms with Crippen molar-refractivity contribution in [1.82, 2.24) is 9.88 Å². The van der Waals surface area contributed by atoms with Gasteiger partial charge in [-0.2, -0.15) is 0 Å². The molecule has 20 heavy (non-hydrogen) atoms. The van der Waals surface area contributed by atoms with Gasteiger partial charge in [-0.25, -0.2) is 0 Å². The lowest BCUT2D eigenvalue weighted by Crippen LogP contribution is -2.20. The van der Waals surface area contributed by atoms with Gasteiger partial charge in [0.15, 0.2) is 0 Å². The van der Waals surface area contributed by atoms with Crippen LogP contribution in [0.25, 0.3) is 10.9 Å². The summed E-state index contributed by atoms with van der Waals surface area (Å²) in [5.74, 6) is 0.268. The summed E-state index contributed by atoms with van der Waals surface area (Å²) >= 11 is 0. The van der Waals surface area contributed by atoms with Crippen LogP contribution < -0.4 is 4.74 Å². The summed E-state index contributed by atoms with van der Waals surface area (Å²) in [7, 11) is 2.08. The van der Waals surface area contributed by atoms with Gasteiger partial charge in [0.1, 0.15) is 5.75 Å². The van der Waals surface area contributed by atoms with Crippen LogP contribution in [0, 0.1) is 0 Å². The zero-order valence-corrected chi connectivity index (χ0v) is 12.0. The average Bonchev–Trinajstić information content (AvgIpc) is 2.78. The van der Waals surface area contributed by atoms with E-state index in [2.05, 4.69) is 23.5 Å². The van der Waals surface area contributed by atoms with Crippen LogP contribution >= 0.6 is 0 Å². The number of nitrogens with zero attached hydrogens (tertiary/aromatic N) is 1. The number of H-pyrrole nitrogens is 1. The molecule has 2 aromatic rings. The topological polar surface area (TPSA) is 45.3 Å². The lowest BCUT2D eigenvalue weighted by molar-refractivity contribution is -0.131. The highest BCUT2D eigenvalue weighted by atomic mass is 16.5. The van der Waals surface area contributed by atoms with Gasteiger partial charge in [0.25, 0.3) is 0 Å². The van der Waals surface area contributed by atoms with Crippen molar-refractivity contribution < 1.29 is 9.53 Å². The van der Waals surface area contributed by atoms with Gasteiger partial charge in [-0.05, 0) is 31.2 Å². The minimum absolute atomic E-state index is 0.304. The zero-order chi connectivity index (χ0) is 14.5. The molecule has 4 heteroatoms. The number of aromatic amines is 1. The maximum Gasteiger partial charge on any atom is 0.308 e. The Kier molecular flexibility index (Phi) is 4.58. The number of carbonyl (C=O) groups excluding carboxylic acids is 1. The Bertz CT molecular complexity index is 616. The molecule has 1 aromatic carbocycles. The van der Waals surface area contributed by atoms with Crippen LogP contribution in [0.4, 0.5) is 0 Å². The van der Waals surface area contributed by atoms with Crippen LogP contribution in [0.5, 0.6) is 5.75 Å². The molecule has 1 aromatic heterocycles. The molecule has 0 saturated carbocycles. The van der Waals surface area contributed by atoms with E-state index >= 15 is 0 Å². The smallest absolute Gasteiger partial charge is 0.308 e. The number of carbonyl (C=O) groups is 1. The summed E-state index contributed by atoms with van der Waals surface area (Å²) in [6, 6.07) is 5.68. The molecular weight excluding hydrogens is 252 g/mol. The van der Waals surface area contributed by atoms with Crippen molar-refractivity contribution in [1.29, 1.82) is 0 Å². The molecule has 0 aliphatic heterocycles. The third kappa shape index (κ3) is 3.48. The predicted molar refractivity (Wildman–Crippen MR) is 81.0 cm³/mol. The summed E-state index contributed by atoms with van der Waals surface area (Å²) in [6.45, 7) is 7.01. The minimum Gasteiger partial charge on any atom is -0.427 e. The Morgan fingerprint density at radius 3 is 3.00 bits per heavy atom. The van der Waals surface area contributed by atoms with Gasteiger partial charge in [0.05, 0.1) is 0 Å². The van der Waals surface area contributed by atoms with Crippen molar-refractivity contribution >= 4 is 16.9 Å². The molecule has 0 fully saturated rings. The first-order valence-electron chi connectivity index (χ1n) is 6.68. The number of hydrogen-bond donors (Lipinski definition) is 1. The summed E-state index contributed by atoms with van der Waals surface area (Å²) in [6.07, 6.45) is 4.89. The van der Waals surface area contributed by atoms with E-state index in [0.717, 1.165) is 25.0 Å². The second-order valence-corrected chi connectivity index (χ2v) is 4.92. The molecule has 0 spiro atoms. The molecule has 0 amide bonds. The number of esters is 1. The summed E-state index contributed by atoms with van der Waals surface area (Å²) in [4.78, 5) is 16.4. The third-order valence-electron chi connectivity index (χ3n) is 3.20. The van der Waals surface area contributed by atoms with Gasteiger partial charge in [0, 0.05) is 43.2 Å². The molecule has 0 bridgehead atoms. The molecule has 0 atom stereocenters. The molecule has 1 N–H and O–H groups in total. The zero-order valence-electron chi connectivity index (χ0n) is 12.0. The SMILES string of the molecule is C=CCN(C)CCc1c[nH]c2cc(OC(C)=O)ccc12. The van der Waals surface area contributed by atoms with E-state index in [1.807, 2.05) is 30.5 Å². The fourth-order valence-corrected chi connectivity index (χ4v) is 2.22. The molecule has 1 heterocycles. The number of nitrogens with one attached hydrogen (secondary N) is 1. The first-order chi connectivity index (χ1) is 9.60. The highest BCUT2D eigenvalue weighted by Crippen LogP contribution is 2.23. The minimum atomic E-state index is -0.304. The van der Waals surface area contributed by atoms with Gasteiger partial charge < -0.3 is 14.6 Å². The fraction of sp³-hybridized carbons (Fsp3) is 0.312. The maximum atomic E-state index is 10.9. The van der Waals surface area contributed by atoms with Crippen molar-refractivity contribution in [3.63, 3.8) is 0 Å². The Morgan fingerprint density at radius 1 is 1.50 bits per heavy atom. The number of ether oxygens (including phenoxy) is 1. The average molecular weight is 272 g/mol. The molecule has 106 valence electrons. The van der Waals surface area contributed by atoms with Gasteiger partial charge in [-0.1, -0.05) is 6.08 Å². The molecule has 0 radical (unpaired) electrons. The second kappa shape index (κ2) is 6.39. The van der Waals surface area contributed by atoms with Crippen LogP contribution in [0.1, 0.15) is 12.5 Å². The first-order valence-corrected chi connectivity index (χ1v) is 6.68. The fourth-order valence-electron chi connectivity index (χ4n) is 2.22. The standard InChI is InChI=1S/C16H20N2O2/c1-4-8-18(3)9-7-13-11-17-16-10-14(20-12(2)19)5-6-15(13)16/h4-6,10-11,17H,1,7-9H2,2-3H3. The van der Waals surface area contributed by atoms with E-state index in [1.54, 1.807) is 0 Å². The summed E-state index contributed by atoms with van der Waals surface area (Å²) in [5.41, 5.74) is 2.26. The molecule has 2 rings (SSSR count). The van der Waals surface area contributed by atoms with Crippen molar-refractivity contribution in [3.8, 4) is 5.75 Å². The van der Waals surface area contributed by atoms with E-state index in [0.29, 0.717) is 5.75 Å². The third-order valence-corrected chi connectivity index (χ3v) is 3.20. The molecule has 0 unspecified atom stereocenters. The van der Waals surface area contributed by atoms with Gasteiger partial charge in [-0.3, -0.25) is 4.79 Å². The summed E-state index contributed by atoms with van der Waals surface area (Å²) in [5, 5.41) is 1.17. The molecule has 0 saturated heterocycles. The normalized spacial score (nSPS) is 10.9. The predicted octanol–water partition coefficient (Wildman–Crippen LogP) is 2.75. The van der Waals surface area contributed by atoms with E-state index in [4.69, 9.17) is 4.74 Å². The van der Waals surface area contributed by atoms with Crippen molar-refractivity contribution in [3.05, 3.63) is 42.6 Å². The highest BCUT2D eigenvalue weighted by molar-refractivity contribution is 5.85. The number of likely N-dealkylation sites (N-methyl/N-ethyl adjacent to an activating group) is 1. The monoisotopic (exact) mass is 272 g/mol. The van der Waals surface area contributed by atoms with Crippen molar-refractivity contribution in [2.75, 3.05) is 20.1 Å². The lowest BCUT2D eigenvalue weighted by Gasteiger charge is -2.13. The molecular formula is C16H20N2O2. The number of rotatable bonds is 6. The van der Waals surface area contributed by atoms with Crippen LogP contribution in [-0.2, 0) is 11.2 Å². The second-order valence-electron chi connectivity index (χ2n) is 4.92. The van der Waals surface area contributed by atoms with Crippen LogP contribution in [-0.4, -0.2) is 36.0 Å². The largest absolute Gasteiger partial charge is 0.427 e. The highest BCUT2D eigenvalue weighted by Gasteiger charge is 2.07. The van der Waals surface area contributed by atoms with Crippen molar-refractivity contribution in [2.24, 2.45) is 0 Å². The Hall–Kier alpha value is -2.07. The number of aromatic nitrogens is 1. The van der Waals surface area contributed by atoms with Crippen LogP contribution in [0.15, 0.2) is 37.1 Å². The van der Waals surface area contributed by atoms with E-state index in [-0.39, 0.29) is 5.97 Å². The van der Waals surface area contributed by atoms with Crippen LogP contribution in [0.3, 0.4) is 0 Å². The quantitative estimate of drug-likeness (QED) is 0.499. The van der Waals surface area contributed by atoms with Gasteiger partial charge >= 0.3 is 5.97 Å². The molecule has 4 nitrogen and oxygen atoms in total. The van der Waals surface area contributed by atoms with E-state index in [9.17, 15) is 4.79 Å². The Morgan fingerprint density at radius 2 is 2.30 bits per heavy atom. The summed E-state index contributed by atoms with van der Waals surface area (Å²) < 4.78 is 5.08. The Balaban J connectivity index is 2.12. The lowest BCUT2D eigenvalue weighted by atomic mass is 10.1.